The quantitative estimate of drug-likeness (QED) is 0.715. The van der Waals surface area contributed by atoms with Gasteiger partial charge in [-0.1, -0.05) is 12.1 Å². The zero-order valence-electron chi connectivity index (χ0n) is 17.8. The van der Waals surface area contributed by atoms with Crippen molar-refractivity contribution >= 4 is 39.5 Å². The van der Waals surface area contributed by atoms with Crippen molar-refractivity contribution in [3.05, 3.63) is 40.8 Å². The van der Waals surface area contributed by atoms with Gasteiger partial charge in [-0.2, -0.15) is 0 Å². The number of hydrogen-bond donors (Lipinski definition) is 2. The van der Waals surface area contributed by atoms with E-state index in [4.69, 9.17) is 9.73 Å². The van der Waals surface area contributed by atoms with Gasteiger partial charge in [-0.05, 0) is 39.1 Å². The number of piperazine rings is 1. The lowest BCUT2D eigenvalue weighted by Gasteiger charge is -2.37. The number of amidine groups is 1. The number of fused-ring (bicyclic) bond motifs is 2. The smallest absolute Gasteiger partial charge is 0.324 e. The van der Waals surface area contributed by atoms with Gasteiger partial charge in [0.1, 0.15) is 16.9 Å². The number of nitrogens with zero attached hydrogens (tertiary/aromatic N) is 3. The number of aryl methyl sites for hydroxylation is 1. The van der Waals surface area contributed by atoms with Crippen molar-refractivity contribution < 1.29 is 9.53 Å². The molecule has 0 saturated carbocycles. The second-order valence-corrected chi connectivity index (χ2v) is 8.81. The average Bonchev–Trinajstić information content (AvgIpc) is 3.04. The van der Waals surface area contributed by atoms with Crippen LogP contribution < -0.4 is 10.6 Å². The zero-order valence-corrected chi connectivity index (χ0v) is 18.6. The van der Waals surface area contributed by atoms with Crippen molar-refractivity contribution in [1.29, 1.82) is 0 Å². The van der Waals surface area contributed by atoms with Crippen molar-refractivity contribution in [2.75, 3.05) is 51.7 Å². The van der Waals surface area contributed by atoms with Crippen LogP contribution in [0.4, 0.5) is 16.4 Å². The van der Waals surface area contributed by atoms with Crippen LogP contribution >= 0.6 is 11.3 Å². The second kappa shape index (κ2) is 9.16. The summed E-state index contributed by atoms with van der Waals surface area (Å²) < 4.78 is 5.18. The fourth-order valence-electron chi connectivity index (χ4n) is 3.91. The number of carbonyl (C=O) groups excluding carboxylic acids is 1. The number of carbonyl (C=O) groups is 1. The van der Waals surface area contributed by atoms with Gasteiger partial charge in [-0.15, -0.1) is 11.3 Å². The van der Waals surface area contributed by atoms with E-state index < -0.39 is 0 Å². The van der Waals surface area contributed by atoms with Crippen LogP contribution in [-0.4, -0.2) is 74.0 Å². The van der Waals surface area contributed by atoms with Gasteiger partial charge in [0.05, 0.1) is 23.5 Å². The first-order chi connectivity index (χ1) is 14.6. The molecule has 1 aromatic heterocycles. The Morgan fingerprint density at radius 2 is 2.07 bits per heavy atom. The van der Waals surface area contributed by atoms with Crippen LogP contribution in [0, 0.1) is 6.92 Å². The topological polar surface area (TPSA) is 69.2 Å². The van der Waals surface area contributed by atoms with Gasteiger partial charge in [0.2, 0.25) is 0 Å². The highest BCUT2D eigenvalue weighted by atomic mass is 32.1. The monoisotopic (exact) mass is 427 g/mol. The van der Waals surface area contributed by atoms with Gasteiger partial charge in [-0.25, -0.2) is 4.99 Å². The van der Waals surface area contributed by atoms with Crippen LogP contribution in [0.2, 0.25) is 0 Å². The Kier molecular flexibility index (Phi) is 6.36. The molecule has 7 nitrogen and oxygen atoms in total. The average molecular weight is 428 g/mol. The predicted octanol–water partition coefficient (Wildman–Crippen LogP) is 2.96. The summed E-state index contributed by atoms with van der Waals surface area (Å²) in [5, 5.41) is 7.80. The molecule has 30 heavy (non-hydrogen) atoms. The van der Waals surface area contributed by atoms with E-state index in [2.05, 4.69) is 45.6 Å². The number of aliphatic imine (C=N–C) groups is 1. The van der Waals surface area contributed by atoms with E-state index in [-0.39, 0.29) is 12.0 Å². The molecule has 2 aliphatic heterocycles. The molecule has 2 aliphatic rings. The first-order valence-electron chi connectivity index (χ1n) is 10.5. The van der Waals surface area contributed by atoms with Gasteiger partial charge in [-0.3, -0.25) is 9.69 Å². The van der Waals surface area contributed by atoms with Crippen LogP contribution in [0.5, 0.6) is 0 Å². The first kappa shape index (κ1) is 20.8. The highest BCUT2D eigenvalue weighted by Gasteiger charge is 2.28. The lowest BCUT2D eigenvalue weighted by atomic mass is 10.2. The van der Waals surface area contributed by atoms with Gasteiger partial charge in [0, 0.05) is 37.6 Å². The molecule has 3 heterocycles. The summed E-state index contributed by atoms with van der Waals surface area (Å²) >= 11 is 1.77. The SMILES string of the molecule is CCOC(=O)C(CN1CCN(C2=Nc3ccccc3Nc3sc(C)cc32)CC1)NC. The fraction of sp³-hybridized carbons (Fsp3) is 0.455. The maximum Gasteiger partial charge on any atom is 0.324 e. The normalized spacial score (nSPS) is 17.3. The molecule has 1 unspecified atom stereocenters. The summed E-state index contributed by atoms with van der Waals surface area (Å²) in [6.45, 7) is 8.53. The van der Waals surface area contributed by atoms with E-state index in [1.807, 2.05) is 26.1 Å². The Balaban J connectivity index is 1.50. The number of rotatable bonds is 5. The number of anilines is 2. The molecule has 0 spiro atoms. The minimum absolute atomic E-state index is 0.184. The minimum atomic E-state index is -0.297. The molecule has 8 heteroatoms. The summed E-state index contributed by atoms with van der Waals surface area (Å²) in [6, 6.07) is 10.1. The van der Waals surface area contributed by atoms with Gasteiger partial charge in [0.25, 0.3) is 0 Å². The lowest BCUT2D eigenvalue weighted by molar-refractivity contribution is -0.146. The molecule has 0 radical (unpaired) electrons. The Morgan fingerprint density at radius 1 is 1.30 bits per heavy atom. The van der Waals surface area contributed by atoms with E-state index in [0.29, 0.717) is 13.2 Å². The number of ether oxygens (including phenoxy) is 1. The Labute approximate surface area is 181 Å². The van der Waals surface area contributed by atoms with Crippen LogP contribution in [0.15, 0.2) is 35.3 Å². The third-order valence-corrected chi connectivity index (χ3v) is 6.47. The van der Waals surface area contributed by atoms with Gasteiger partial charge < -0.3 is 20.3 Å². The van der Waals surface area contributed by atoms with E-state index in [1.54, 1.807) is 11.3 Å². The van der Waals surface area contributed by atoms with Crippen LogP contribution in [0.1, 0.15) is 17.4 Å². The third kappa shape index (κ3) is 4.35. The minimum Gasteiger partial charge on any atom is -0.465 e. The molecule has 160 valence electrons. The van der Waals surface area contributed by atoms with Gasteiger partial charge in [0.15, 0.2) is 0 Å². The Hall–Kier alpha value is -2.42. The number of thiophene rings is 1. The third-order valence-electron chi connectivity index (χ3n) is 5.51. The molecule has 1 aromatic carbocycles. The second-order valence-electron chi connectivity index (χ2n) is 7.56. The summed E-state index contributed by atoms with van der Waals surface area (Å²) in [6.07, 6.45) is 0. The van der Waals surface area contributed by atoms with Crippen molar-refractivity contribution in [1.82, 2.24) is 15.1 Å². The molecule has 0 amide bonds. The summed E-state index contributed by atoms with van der Waals surface area (Å²) in [5.41, 5.74) is 3.18. The Bertz CT molecular complexity index is 933. The van der Waals surface area contributed by atoms with E-state index in [1.165, 1.54) is 10.4 Å². The number of esters is 1. The van der Waals surface area contributed by atoms with Crippen molar-refractivity contribution in [2.45, 2.75) is 19.9 Å². The standard InChI is InChI=1S/C22H29N5O2S/c1-4-29-22(28)19(23-3)14-26-9-11-27(12-10-26)20-16-13-15(2)30-21(16)25-18-8-6-5-7-17(18)24-20/h5-8,13,19,23,25H,4,9-12,14H2,1-3H3. The number of nitrogens with one attached hydrogen (secondary N) is 2. The Morgan fingerprint density at radius 3 is 2.80 bits per heavy atom. The molecule has 1 fully saturated rings. The zero-order chi connectivity index (χ0) is 21.1. The van der Waals surface area contributed by atoms with Gasteiger partial charge >= 0.3 is 5.97 Å². The van der Waals surface area contributed by atoms with Crippen molar-refractivity contribution in [3.8, 4) is 0 Å². The molecule has 0 bridgehead atoms. The van der Waals surface area contributed by atoms with E-state index in [0.717, 1.165) is 48.4 Å². The molecule has 2 aromatic rings. The van der Waals surface area contributed by atoms with E-state index in [9.17, 15) is 4.79 Å². The maximum atomic E-state index is 12.1. The van der Waals surface area contributed by atoms with Crippen molar-refractivity contribution in [2.24, 2.45) is 4.99 Å². The van der Waals surface area contributed by atoms with E-state index >= 15 is 0 Å². The number of hydrogen-bond acceptors (Lipinski definition) is 8. The molecule has 1 atom stereocenters. The summed E-state index contributed by atoms with van der Waals surface area (Å²) in [4.78, 5) is 23.1. The van der Waals surface area contributed by atoms with Crippen molar-refractivity contribution in [3.63, 3.8) is 0 Å². The first-order valence-corrected chi connectivity index (χ1v) is 11.3. The summed E-state index contributed by atoms with van der Waals surface area (Å²) in [5.74, 6) is 0.846. The predicted molar refractivity (Wildman–Crippen MR) is 122 cm³/mol. The largest absolute Gasteiger partial charge is 0.465 e. The number of benzene rings is 1. The molecule has 0 aliphatic carbocycles. The molecular formula is C22H29N5O2S. The van der Waals surface area contributed by atoms with Crippen LogP contribution in [0.25, 0.3) is 0 Å². The molecule has 1 saturated heterocycles. The fourth-order valence-corrected chi connectivity index (χ4v) is 4.83. The summed E-state index contributed by atoms with van der Waals surface area (Å²) in [7, 11) is 1.81. The highest BCUT2D eigenvalue weighted by Crippen LogP contribution is 2.39. The number of para-hydroxylation sites is 2. The molecule has 4 rings (SSSR count). The van der Waals surface area contributed by atoms with Crippen LogP contribution in [0.3, 0.4) is 0 Å². The molecular weight excluding hydrogens is 398 g/mol. The lowest BCUT2D eigenvalue weighted by Crippen LogP contribution is -2.53. The maximum absolute atomic E-state index is 12.1. The van der Waals surface area contributed by atoms with Crippen LogP contribution in [-0.2, 0) is 9.53 Å². The molecule has 2 N–H and O–H groups in total. The number of likely N-dealkylation sites (N-methyl/N-ethyl adjacent to an activating group) is 1. The highest BCUT2D eigenvalue weighted by molar-refractivity contribution is 7.16.